The lowest BCUT2D eigenvalue weighted by Crippen LogP contribution is -2.03. The molecule has 1 aliphatic carbocycles. The average molecular weight is 268 g/mol. The fourth-order valence-corrected chi connectivity index (χ4v) is 2.97. The Hall–Kier alpha value is -2.03. The van der Waals surface area contributed by atoms with Crippen LogP contribution >= 0.6 is 0 Å². The molecule has 2 aromatic rings. The molecule has 0 aliphatic heterocycles. The molecule has 0 amide bonds. The van der Waals surface area contributed by atoms with Crippen molar-refractivity contribution in [3.63, 3.8) is 0 Å². The Labute approximate surface area is 120 Å². The number of methoxy groups -OCH3 is 1. The number of benzene rings is 1. The van der Waals surface area contributed by atoms with Gasteiger partial charge in [-0.3, -0.25) is 0 Å². The summed E-state index contributed by atoms with van der Waals surface area (Å²) in [5, 5.41) is 3.55. The molecular formula is C17H20N2O. The normalized spacial score (nSPS) is 13.1. The predicted molar refractivity (Wildman–Crippen MR) is 82.4 cm³/mol. The second-order valence-corrected chi connectivity index (χ2v) is 5.10. The lowest BCUT2D eigenvalue weighted by molar-refractivity contribution is 0.398. The van der Waals surface area contributed by atoms with Crippen molar-refractivity contribution in [2.24, 2.45) is 0 Å². The van der Waals surface area contributed by atoms with E-state index in [9.17, 15) is 0 Å². The first-order chi connectivity index (χ1) is 9.83. The Bertz CT molecular complexity index is 622. The zero-order valence-corrected chi connectivity index (χ0v) is 12.1. The van der Waals surface area contributed by atoms with E-state index < -0.39 is 0 Å². The SMILES string of the molecule is CCNc1c(-c2ccnc(OC)c2)ccc2c1CCC2. The van der Waals surface area contributed by atoms with Crippen molar-refractivity contribution in [1.29, 1.82) is 0 Å². The summed E-state index contributed by atoms with van der Waals surface area (Å²) in [6.45, 7) is 3.08. The maximum absolute atomic E-state index is 5.24. The van der Waals surface area contributed by atoms with E-state index in [0.717, 1.165) is 12.1 Å². The summed E-state index contributed by atoms with van der Waals surface area (Å²) >= 11 is 0. The van der Waals surface area contributed by atoms with E-state index in [2.05, 4.69) is 29.4 Å². The van der Waals surface area contributed by atoms with Gasteiger partial charge in [-0.05, 0) is 48.9 Å². The molecule has 104 valence electrons. The van der Waals surface area contributed by atoms with E-state index >= 15 is 0 Å². The van der Waals surface area contributed by atoms with E-state index in [1.165, 1.54) is 41.6 Å². The smallest absolute Gasteiger partial charge is 0.213 e. The molecule has 0 spiro atoms. The minimum atomic E-state index is 0.658. The maximum Gasteiger partial charge on any atom is 0.213 e. The third kappa shape index (κ3) is 2.24. The summed E-state index contributed by atoms with van der Waals surface area (Å²) in [5.41, 5.74) is 6.66. The molecule has 0 radical (unpaired) electrons. The Morgan fingerprint density at radius 3 is 2.95 bits per heavy atom. The van der Waals surface area contributed by atoms with Gasteiger partial charge in [-0.15, -0.1) is 0 Å². The molecule has 3 nitrogen and oxygen atoms in total. The molecule has 0 bridgehead atoms. The minimum absolute atomic E-state index is 0.658. The van der Waals surface area contributed by atoms with E-state index in [4.69, 9.17) is 4.74 Å². The number of nitrogens with one attached hydrogen (secondary N) is 1. The van der Waals surface area contributed by atoms with Crippen molar-refractivity contribution in [3.8, 4) is 17.0 Å². The highest BCUT2D eigenvalue weighted by Gasteiger charge is 2.18. The molecule has 1 aromatic carbocycles. The second kappa shape index (κ2) is 5.53. The van der Waals surface area contributed by atoms with Gasteiger partial charge in [0.15, 0.2) is 0 Å². The Balaban J connectivity index is 2.12. The molecule has 20 heavy (non-hydrogen) atoms. The standard InChI is InChI=1S/C17H20N2O/c1-3-18-17-14-6-4-5-12(14)7-8-15(17)13-9-10-19-16(11-13)20-2/h7-11,18H,3-6H2,1-2H3. The second-order valence-electron chi connectivity index (χ2n) is 5.10. The number of nitrogens with zero attached hydrogens (tertiary/aromatic N) is 1. The Morgan fingerprint density at radius 2 is 2.15 bits per heavy atom. The van der Waals surface area contributed by atoms with E-state index in [1.54, 1.807) is 13.3 Å². The molecule has 0 saturated carbocycles. The fraction of sp³-hybridized carbons (Fsp3) is 0.353. The number of aryl methyl sites for hydroxylation is 1. The molecule has 1 N–H and O–H groups in total. The van der Waals surface area contributed by atoms with Gasteiger partial charge in [-0.1, -0.05) is 12.1 Å². The van der Waals surface area contributed by atoms with Crippen molar-refractivity contribution in [1.82, 2.24) is 4.98 Å². The predicted octanol–water partition coefficient (Wildman–Crippen LogP) is 3.68. The van der Waals surface area contributed by atoms with Crippen LogP contribution < -0.4 is 10.1 Å². The van der Waals surface area contributed by atoms with Crippen LogP contribution in [0.5, 0.6) is 5.88 Å². The Morgan fingerprint density at radius 1 is 1.25 bits per heavy atom. The molecule has 3 heteroatoms. The van der Waals surface area contributed by atoms with Crippen LogP contribution in [0.15, 0.2) is 30.5 Å². The first kappa shape index (κ1) is 13.0. The number of anilines is 1. The quantitative estimate of drug-likeness (QED) is 0.918. The van der Waals surface area contributed by atoms with Crippen molar-refractivity contribution in [2.45, 2.75) is 26.2 Å². The summed E-state index contributed by atoms with van der Waals surface area (Å²) in [7, 11) is 1.65. The fourth-order valence-electron chi connectivity index (χ4n) is 2.97. The molecule has 0 atom stereocenters. The zero-order valence-electron chi connectivity index (χ0n) is 12.1. The highest BCUT2D eigenvalue weighted by molar-refractivity contribution is 5.82. The van der Waals surface area contributed by atoms with Crippen LogP contribution in [0.4, 0.5) is 5.69 Å². The number of hydrogen-bond acceptors (Lipinski definition) is 3. The van der Waals surface area contributed by atoms with Crippen LogP contribution in [0, 0.1) is 0 Å². The maximum atomic E-state index is 5.24. The van der Waals surface area contributed by atoms with Gasteiger partial charge in [-0.25, -0.2) is 4.98 Å². The van der Waals surface area contributed by atoms with Crippen molar-refractivity contribution < 1.29 is 4.74 Å². The van der Waals surface area contributed by atoms with Crippen molar-refractivity contribution >= 4 is 5.69 Å². The molecule has 1 heterocycles. The topological polar surface area (TPSA) is 34.2 Å². The number of rotatable bonds is 4. The summed E-state index contributed by atoms with van der Waals surface area (Å²) in [4.78, 5) is 4.19. The molecule has 0 unspecified atom stereocenters. The summed E-state index contributed by atoms with van der Waals surface area (Å²) in [5.74, 6) is 0.658. The van der Waals surface area contributed by atoms with E-state index in [-0.39, 0.29) is 0 Å². The third-order valence-corrected chi connectivity index (χ3v) is 3.89. The number of ether oxygens (including phenoxy) is 1. The van der Waals surface area contributed by atoms with Gasteiger partial charge in [0.25, 0.3) is 0 Å². The van der Waals surface area contributed by atoms with E-state index in [0.29, 0.717) is 5.88 Å². The molecular weight excluding hydrogens is 248 g/mol. The third-order valence-electron chi connectivity index (χ3n) is 3.89. The van der Waals surface area contributed by atoms with Crippen molar-refractivity contribution in [3.05, 3.63) is 41.6 Å². The number of hydrogen-bond donors (Lipinski definition) is 1. The summed E-state index contributed by atoms with van der Waals surface area (Å²) in [6.07, 6.45) is 5.44. The summed E-state index contributed by atoms with van der Waals surface area (Å²) < 4.78 is 5.24. The average Bonchev–Trinajstić information content (AvgIpc) is 2.97. The molecule has 1 aromatic heterocycles. The number of pyridine rings is 1. The number of fused-ring (bicyclic) bond motifs is 1. The monoisotopic (exact) mass is 268 g/mol. The summed E-state index contributed by atoms with van der Waals surface area (Å²) in [6, 6.07) is 8.53. The van der Waals surface area contributed by atoms with Gasteiger partial charge in [0.05, 0.1) is 7.11 Å². The largest absolute Gasteiger partial charge is 0.481 e. The Kier molecular flexibility index (Phi) is 3.59. The molecule has 0 saturated heterocycles. The van der Waals surface area contributed by atoms with Gasteiger partial charge in [0, 0.05) is 30.1 Å². The van der Waals surface area contributed by atoms with Crippen LogP contribution in [0.3, 0.4) is 0 Å². The lowest BCUT2D eigenvalue weighted by Gasteiger charge is -2.16. The highest BCUT2D eigenvalue weighted by atomic mass is 16.5. The molecule has 1 aliphatic rings. The van der Waals surface area contributed by atoms with Gasteiger partial charge in [-0.2, -0.15) is 0 Å². The first-order valence-electron chi connectivity index (χ1n) is 7.22. The minimum Gasteiger partial charge on any atom is -0.481 e. The molecule has 0 fully saturated rings. The molecule has 3 rings (SSSR count). The van der Waals surface area contributed by atoms with E-state index in [1.807, 2.05) is 12.1 Å². The van der Waals surface area contributed by atoms with Gasteiger partial charge >= 0.3 is 0 Å². The number of aromatic nitrogens is 1. The van der Waals surface area contributed by atoms with Crippen LogP contribution in [0.2, 0.25) is 0 Å². The lowest BCUT2D eigenvalue weighted by atomic mass is 9.98. The van der Waals surface area contributed by atoms with Gasteiger partial charge < -0.3 is 10.1 Å². The van der Waals surface area contributed by atoms with Crippen molar-refractivity contribution in [2.75, 3.05) is 19.0 Å². The van der Waals surface area contributed by atoms with Gasteiger partial charge in [0.1, 0.15) is 0 Å². The highest BCUT2D eigenvalue weighted by Crippen LogP contribution is 2.37. The first-order valence-corrected chi connectivity index (χ1v) is 7.22. The van der Waals surface area contributed by atoms with Crippen LogP contribution in [0.25, 0.3) is 11.1 Å². The zero-order chi connectivity index (χ0) is 13.9. The van der Waals surface area contributed by atoms with Crippen LogP contribution in [-0.2, 0) is 12.8 Å². The van der Waals surface area contributed by atoms with Crippen LogP contribution in [0.1, 0.15) is 24.5 Å². The van der Waals surface area contributed by atoms with Gasteiger partial charge in [0.2, 0.25) is 5.88 Å². The van der Waals surface area contributed by atoms with Crippen LogP contribution in [-0.4, -0.2) is 18.6 Å².